The number of hydrogen-bond acceptors (Lipinski definition) is 5. The summed E-state index contributed by atoms with van der Waals surface area (Å²) in [4.78, 5) is 15.7. The maximum absolute atomic E-state index is 11.7. The monoisotopic (exact) mass is 296 g/mol. The van der Waals surface area contributed by atoms with E-state index >= 15 is 0 Å². The first-order chi connectivity index (χ1) is 9.15. The van der Waals surface area contributed by atoms with Crippen molar-refractivity contribution < 1.29 is 9.32 Å². The Hall–Kier alpha value is -2.08. The predicted octanol–water partition coefficient (Wildman–Crippen LogP) is 1.63. The molecule has 3 N–H and O–H groups in total. The van der Waals surface area contributed by atoms with Crippen molar-refractivity contribution in [2.45, 2.75) is 26.3 Å². The lowest BCUT2D eigenvalue weighted by atomic mass is 10.1. The Morgan fingerprint density at radius 3 is 2.80 bits per heavy atom. The van der Waals surface area contributed by atoms with Crippen molar-refractivity contribution in [1.82, 2.24) is 15.5 Å². The second-order valence-corrected chi connectivity index (χ2v) is 4.21. The predicted molar refractivity (Wildman–Crippen MR) is 77.3 cm³/mol. The Morgan fingerprint density at radius 1 is 1.40 bits per heavy atom. The molecule has 7 heteroatoms. The van der Waals surface area contributed by atoms with E-state index in [1.54, 1.807) is 6.92 Å². The number of nitrogens with zero attached hydrogens (tertiary/aromatic N) is 2. The summed E-state index contributed by atoms with van der Waals surface area (Å²) in [6, 6.07) is 7.53. The van der Waals surface area contributed by atoms with Gasteiger partial charge >= 0.3 is 0 Å². The van der Waals surface area contributed by atoms with E-state index in [-0.39, 0.29) is 24.9 Å². The van der Waals surface area contributed by atoms with Crippen molar-refractivity contribution in [3.8, 4) is 0 Å². The van der Waals surface area contributed by atoms with E-state index in [0.29, 0.717) is 30.2 Å². The molecule has 0 spiro atoms. The molecule has 0 fully saturated rings. The minimum atomic E-state index is -0.0642. The number of benzene rings is 1. The summed E-state index contributed by atoms with van der Waals surface area (Å²) in [5.74, 6) is 0.900. The third-order valence-electron chi connectivity index (χ3n) is 2.69. The number of para-hydroxylation sites is 1. The first-order valence-electron chi connectivity index (χ1n) is 6.04. The summed E-state index contributed by atoms with van der Waals surface area (Å²) in [6.45, 7) is 1.98. The third kappa shape index (κ3) is 4.55. The molecule has 0 radical (unpaired) electrons. The van der Waals surface area contributed by atoms with E-state index in [0.717, 1.165) is 5.56 Å². The molecule has 6 nitrogen and oxygen atoms in total. The van der Waals surface area contributed by atoms with E-state index in [1.807, 2.05) is 24.3 Å². The topological polar surface area (TPSA) is 94.0 Å². The zero-order valence-corrected chi connectivity index (χ0v) is 11.9. The fraction of sp³-hybridized carbons (Fsp3) is 0.308. The molecule has 2 aromatic rings. The Bertz CT molecular complexity index is 571. The molecule has 0 atom stereocenters. The SMILES string of the molecule is Cc1nc(CNC(=O)CCc2ccccc2N)no1.Cl. The van der Waals surface area contributed by atoms with Crippen LogP contribution < -0.4 is 11.1 Å². The number of nitrogens with two attached hydrogens (primary N) is 1. The molecular weight excluding hydrogens is 280 g/mol. The zero-order valence-electron chi connectivity index (χ0n) is 11.1. The smallest absolute Gasteiger partial charge is 0.223 e. The third-order valence-corrected chi connectivity index (χ3v) is 2.69. The van der Waals surface area contributed by atoms with Crippen LogP contribution in [0.4, 0.5) is 5.69 Å². The van der Waals surface area contributed by atoms with Crippen LogP contribution in [0.25, 0.3) is 0 Å². The van der Waals surface area contributed by atoms with Gasteiger partial charge in [-0.15, -0.1) is 12.4 Å². The summed E-state index contributed by atoms with van der Waals surface area (Å²) < 4.78 is 4.81. The number of rotatable bonds is 5. The van der Waals surface area contributed by atoms with Crippen LogP contribution in [0.15, 0.2) is 28.8 Å². The maximum atomic E-state index is 11.7. The van der Waals surface area contributed by atoms with Crippen LogP contribution in [-0.2, 0) is 17.8 Å². The van der Waals surface area contributed by atoms with Gasteiger partial charge in [0, 0.05) is 19.0 Å². The number of anilines is 1. The zero-order chi connectivity index (χ0) is 13.7. The highest BCUT2D eigenvalue weighted by Gasteiger charge is 2.06. The molecule has 0 aliphatic rings. The van der Waals surface area contributed by atoms with Crippen molar-refractivity contribution in [3.63, 3.8) is 0 Å². The molecule has 0 saturated heterocycles. The number of halogens is 1. The molecule has 1 amide bonds. The van der Waals surface area contributed by atoms with Gasteiger partial charge in [0.25, 0.3) is 0 Å². The van der Waals surface area contributed by atoms with Crippen molar-refractivity contribution in [2.75, 3.05) is 5.73 Å². The van der Waals surface area contributed by atoms with E-state index in [4.69, 9.17) is 10.3 Å². The largest absolute Gasteiger partial charge is 0.399 e. The molecule has 0 aliphatic carbocycles. The summed E-state index contributed by atoms with van der Waals surface area (Å²) in [5.41, 5.74) is 7.50. The quantitative estimate of drug-likeness (QED) is 0.818. The maximum Gasteiger partial charge on any atom is 0.223 e. The fourth-order valence-electron chi connectivity index (χ4n) is 1.69. The summed E-state index contributed by atoms with van der Waals surface area (Å²) in [5, 5.41) is 6.44. The standard InChI is InChI=1S/C13H16N4O2.ClH/c1-9-16-12(17-19-9)8-15-13(18)7-6-10-4-2-3-5-11(10)14;/h2-5H,6-8,14H2,1H3,(H,15,18);1H. The summed E-state index contributed by atoms with van der Waals surface area (Å²) in [7, 11) is 0. The average molecular weight is 297 g/mol. The van der Waals surface area contributed by atoms with Gasteiger partial charge in [0.1, 0.15) is 0 Å². The summed E-state index contributed by atoms with van der Waals surface area (Å²) in [6.07, 6.45) is 0.995. The molecule has 0 saturated carbocycles. The van der Waals surface area contributed by atoms with Crippen LogP contribution >= 0.6 is 12.4 Å². The second kappa shape index (κ2) is 7.49. The van der Waals surface area contributed by atoms with E-state index in [9.17, 15) is 4.79 Å². The van der Waals surface area contributed by atoms with E-state index in [2.05, 4.69) is 15.5 Å². The summed E-state index contributed by atoms with van der Waals surface area (Å²) >= 11 is 0. The van der Waals surface area contributed by atoms with Crippen LogP contribution in [-0.4, -0.2) is 16.0 Å². The first-order valence-corrected chi connectivity index (χ1v) is 6.04. The lowest BCUT2D eigenvalue weighted by Gasteiger charge is -2.05. The molecule has 1 aromatic carbocycles. The Kier molecular flexibility index (Phi) is 5.99. The number of nitrogen functional groups attached to an aromatic ring is 1. The molecule has 1 heterocycles. The van der Waals surface area contributed by atoms with Gasteiger partial charge in [0.2, 0.25) is 11.8 Å². The van der Waals surface area contributed by atoms with E-state index < -0.39 is 0 Å². The van der Waals surface area contributed by atoms with Crippen molar-refractivity contribution in [2.24, 2.45) is 0 Å². The van der Waals surface area contributed by atoms with Gasteiger partial charge in [-0.1, -0.05) is 23.4 Å². The normalized spacial score (nSPS) is 9.85. The Morgan fingerprint density at radius 2 is 2.15 bits per heavy atom. The highest BCUT2D eigenvalue weighted by atomic mass is 35.5. The van der Waals surface area contributed by atoms with Crippen molar-refractivity contribution in [3.05, 3.63) is 41.5 Å². The van der Waals surface area contributed by atoms with Gasteiger partial charge < -0.3 is 15.6 Å². The number of amides is 1. The molecule has 0 unspecified atom stereocenters. The highest BCUT2D eigenvalue weighted by Crippen LogP contribution is 2.12. The lowest BCUT2D eigenvalue weighted by molar-refractivity contribution is -0.121. The Labute approximate surface area is 123 Å². The molecule has 20 heavy (non-hydrogen) atoms. The molecule has 108 valence electrons. The van der Waals surface area contributed by atoms with Crippen LogP contribution in [0, 0.1) is 6.92 Å². The lowest BCUT2D eigenvalue weighted by Crippen LogP contribution is -2.23. The minimum absolute atomic E-state index is 0. The van der Waals surface area contributed by atoms with Gasteiger partial charge in [-0.25, -0.2) is 0 Å². The fourth-order valence-corrected chi connectivity index (χ4v) is 1.69. The molecule has 1 aromatic heterocycles. The molecule has 2 rings (SSSR count). The molecular formula is C13H17ClN4O2. The van der Waals surface area contributed by atoms with Crippen molar-refractivity contribution in [1.29, 1.82) is 0 Å². The number of aryl methyl sites for hydroxylation is 2. The Balaban J connectivity index is 0.00000200. The average Bonchev–Trinajstić information content (AvgIpc) is 2.81. The van der Waals surface area contributed by atoms with Crippen LogP contribution in [0.3, 0.4) is 0 Å². The van der Waals surface area contributed by atoms with Crippen LogP contribution in [0.1, 0.15) is 23.7 Å². The number of carbonyl (C=O) groups excluding carboxylic acids is 1. The molecule has 0 bridgehead atoms. The van der Waals surface area contributed by atoms with Crippen LogP contribution in [0.2, 0.25) is 0 Å². The first kappa shape index (κ1) is 16.0. The van der Waals surface area contributed by atoms with Crippen LogP contribution in [0.5, 0.6) is 0 Å². The highest BCUT2D eigenvalue weighted by molar-refractivity contribution is 5.85. The number of hydrogen-bond donors (Lipinski definition) is 2. The molecule has 0 aliphatic heterocycles. The van der Waals surface area contributed by atoms with Gasteiger partial charge in [-0.05, 0) is 18.1 Å². The van der Waals surface area contributed by atoms with Gasteiger partial charge in [-0.3, -0.25) is 4.79 Å². The number of nitrogens with one attached hydrogen (secondary N) is 1. The van der Waals surface area contributed by atoms with E-state index in [1.165, 1.54) is 0 Å². The second-order valence-electron chi connectivity index (χ2n) is 4.21. The minimum Gasteiger partial charge on any atom is -0.399 e. The number of aromatic nitrogens is 2. The van der Waals surface area contributed by atoms with Gasteiger partial charge in [-0.2, -0.15) is 4.98 Å². The van der Waals surface area contributed by atoms with Crippen molar-refractivity contribution >= 4 is 24.0 Å². The number of carbonyl (C=O) groups is 1. The van der Waals surface area contributed by atoms with Gasteiger partial charge in [0.15, 0.2) is 5.82 Å². The van der Waals surface area contributed by atoms with Gasteiger partial charge in [0.05, 0.1) is 6.54 Å².